The minimum absolute atomic E-state index is 0.347. The predicted molar refractivity (Wildman–Crippen MR) is 68.4 cm³/mol. The van der Waals surface area contributed by atoms with Crippen LogP contribution < -0.4 is 5.73 Å². The molecule has 3 N–H and O–H groups in total. The van der Waals surface area contributed by atoms with Gasteiger partial charge in [-0.05, 0) is 39.7 Å². The number of nitrogens with two attached hydrogens (primary N) is 1. The SMILES string of the molecule is CCN(C(C)CC(C)(O)CN)C1CCCC1. The van der Waals surface area contributed by atoms with Gasteiger partial charge in [0.1, 0.15) is 0 Å². The normalized spacial score (nSPS) is 23.6. The van der Waals surface area contributed by atoms with Gasteiger partial charge in [-0.3, -0.25) is 4.90 Å². The number of nitrogens with zero attached hydrogens (tertiary/aromatic N) is 1. The van der Waals surface area contributed by atoms with Crippen molar-refractivity contribution in [3.63, 3.8) is 0 Å². The third-order valence-corrected chi connectivity index (χ3v) is 3.90. The second-order valence-corrected chi connectivity index (χ2v) is 5.52. The quantitative estimate of drug-likeness (QED) is 0.728. The van der Waals surface area contributed by atoms with Crippen LogP contribution in [-0.2, 0) is 0 Å². The van der Waals surface area contributed by atoms with Crippen molar-refractivity contribution in [3.8, 4) is 0 Å². The van der Waals surface area contributed by atoms with Gasteiger partial charge in [0.2, 0.25) is 0 Å². The Bertz CT molecular complexity index is 200. The van der Waals surface area contributed by atoms with Crippen LogP contribution in [0, 0.1) is 0 Å². The second kappa shape index (κ2) is 5.99. The highest BCUT2D eigenvalue weighted by atomic mass is 16.3. The Morgan fingerprint density at radius 2 is 2.00 bits per heavy atom. The van der Waals surface area contributed by atoms with E-state index in [9.17, 15) is 5.11 Å². The Morgan fingerprint density at radius 3 is 2.44 bits per heavy atom. The summed E-state index contributed by atoms with van der Waals surface area (Å²) in [4.78, 5) is 2.54. The molecule has 0 aromatic heterocycles. The summed E-state index contributed by atoms with van der Waals surface area (Å²) in [5.41, 5.74) is 4.86. The molecule has 1 rings (SSSR count). The van der Waals surface area contributed by atoms with Gasteiger partial charge in [-0.2, -0.15) is 0 Å². The molecule has 3 heteroatoms. The van der Waals surface area contributed by atoms with Crippen LogP contribution in [0.5, 0.6) is 0 Å². The van der Waals surface area contributed by atoms with Gasteiger partial charge in [0.15, 0.2) is 0 Å². The third kappa shape index (κ3) is 3.72. The fraction of sp³-hybridized carbons (Fsp3) is 1.00. The summed E-state index contributed by atoms with van der Waals surface area (Å²) in [6.45, 7) is 7.69. The average Bonchev–Trinajstić information content (AvgIpc) is 2.71. The second-order valence-electron chi connectivity index (χ2n) is 5.52. The molecule has 0 bridgehead atoms. The number of hydrogen-bond donors (Lipinski definition) is 2. The van der Waals surface area contributed by atoms with Crippen molar-refractivity contribution in [2.75, 3.05) is 13.1 Å². The first-order valence-electron chi connectivity index (χ1n) is 6.68. The van der Waals surface area contributed by atoms with Crippen molar-refractivity contribution < 1.29 is 5.11 Å². The van der Waals surface area contributed by atoms with Gasteiger partial charge in [0.25, 0.3) is 0 Å². The highest BCUT2D eigenvalue weighted by Crippen LogP contribution is 2.27. The maximum atomic E-state index is 10.0. The van der Waals surface area contributed by atoms with Gasteiger partial charge in [0.05, 0.1) is 5.60 Å². The number of rotatable bonds is 6. The molecule has 1 aliphatic carbocycles. The summed E-state index contributed by atoms with van der Waals surface area (Å²) in [6.07, 6.45) is 6.14. The van der Waals surface area contributed by atoms with Crippen molar-refractivity contribution in [1.29, 1.82) is 0 Å². The van der Waals surface area contributed by atoms with Crippen molar-refractivity contribution in [3.05, 3.63) is 0 Å². The van der Waals surface area contributed by atoms with E-state index in [0.29, 0.717) is 12.6 Å². The van der Waals surface area contributed by atoms with Crippen LogP contribution in [-0.4, -0.2) is 40.8 Å². The molecule has 2 atom stereocenters. The van der Waals surface area contributed by atoms with Crippen LogP contribution in [0.4, 0.5) is 0 Å². The molecule has 3 nitrogen and oxygen atoms in total. The summed E-state index contributed by atoms with van der Waals surface area (Å²) < 4.78 is 0. The molecule has 16 heavy (non-hydrogen) atoms. The first-order valence-corrected chi connectivity index (χ1v) is 6.68. The molecule has 1 saturated carbocycles. The first kappa shape index (κ1) is 13.9. The Labute approximate surface area is 100 Å². The molecule has 0 heterocycles. The maximum Gasteiger partial charge on any atom is 0.0756 e. The van der Waals surface area contributed by atoms with Crippen LogP contribution in [0.3, 0.4) is 0 Å². The first-order chi connectivity index (χ1) is 7.50. The minimum Gasteiger partial charge on any atom is -0.389 e. The van der Waals surface area contributed by atoms with E-state index in [4.69, 9.17) is 5.73 Å². The van der Waals surface area contributed by atoms with Crippen molar-refractivity contribution in [1.82, 2.24) is 4.90 Å². The molecule has 1 fully saturated rings. The van der Waals surface area contributed by atoms with E-state index in [1.54, 1.807) is 0 Å². The molecule has 0 aromatic carbocycles. The van der Waals surface area contributed by atoms with Crippen LogP contribution in [0.15, 0.2) is 0 Å². The largest absolute Gasteiger partial charge is 0.389 e. The molecule has 96 valence electrons. The minimum atomic E-state index is -0.717. The van der Waals surface area contributed by atoms with Gasteiger partial charge in [0, 0.05) is 18.6 Å². The lowest BCUT2D eigenvalue weighted by Crippen LogP contribution is -2.46. The fourth-order valence-electron chi connectivity index (χ4n) is 3.00. The van der Waals surface area contributed by atoms with E-state index in [-0.39, 0.29) is 0 Å². The summed E-state index contributed by atoms with van der Waals surface area (Å²) >= 11 is 0. The van der Waals surface area contributed by atoms with E-state index >= 15 is 0 Å². The lowest BCUT2D eigenvalue weighted by atomic mass is 9.96. The predicted octanol–water partition coefficient (Wildman–Crippen LogP) is 1.74. The van der Waals surface area contributed by atoms with E-state index in [2.05, 4.69) is 18.7 Å². The molecule has 0 aromatic rings. The zero-order valence-corrected chi connectivity index (χ0v) is 11.1. The average molecular weight is 228 g/mol. The molecule has 0 radical (unpaired) electrons. The summed E-state index contributed by atoms with van der Waals surface area (Å²) in [5, 5.41) is 10.0. The summed E-state index contributed by atoms with van der Waals surface area (Å²) in [6, 6.07) is 1.15. The van der Waals surface area contributed by atoms with Gasteiger partial charge in [-0.15, -0.1) is 0 Å². The topological polar surface area (TPSA) is 49.5 Å². The van der Waals surface area contributed by atoms with E-state index < -0.39 is 5.60 Å². The molecule has 2 unspecified atom stereocenters. The highest BCUT2D eigenvalue weighted by molar-refractivity contribution is 4.85. The van der Waals surface area contributed by atoms with Crippen molar-refractivity contribution >= 4 is 0 Å². The molecule has 0 saturated heterocycles. The van der Waals surface area contributed by atoms with Gasteiger partial charge in [-0.25, -0.2) is 0 Å². The monoisotopic (exact) mass is 228 g/mol. The Balaban J connectivity index is 2.51. The standard InChI is InChI=1S/C13H28N2O/c1-4-15(12-7-5-6-8-12)11(2)9-13(3,16)10-14/h11-12,16H,4-10,14H2,1-3H3. The smallest absolute Gasteiger partial charge is 0.0756 e. The Kier molecular flexibility index (Phi) is 5.22. The van der Waals surface area contributed by atoms with Gasteiger partial charge in [-0.1, -0.05) is 19.8 Å². The molecule has 1 aliphatic rings. The molecule has 0 spiro atoms. The zero-order valence-electron chi connectivity index (χ0n) is 11.1. The molecular formula is C13H28N2O. The number of hydrogen-bond acceptors (Lipinski definition) is 3. The van der Waals surface area contributed by atoms with Crippen LogP contribution in [0.25, 0.3) is 0 Å². The lowest BCUT2D eigenvalue weighted by molar-refractivity contribution is 0.0203. The number of aliphatic hydroxyl groups is 1. The highest BCUT2D eigenvalue weighted by Gasteiger charge is 2.29. The molecule has 0 aliphatic heterocycles. The van der Waals surface area contributed by atoms with Gasteiger partial charge >= 0.3 is 0 Å². The molecular weight excluding hydrogens is 200 g/mol. The Morgan fingerprint density at radius 1 is 1.44 bits per heavy atom. The van der Waals surface area contributed by atoms with Gasteiger partial charge < -0.3 is 10.8 Å². The Hall–Kier alpha value is -0.120. The van der Waals surface area contributed by atoms with E-state index in [0.717, 1.165) is 19.0 Å². The lowest BCUT2D eigenvalue weighted by Gasteiger charge is -2.37. The van der Waals surface area contributed by atoms with E-state index in [1.165, 1.54) is 25.7 Å². The summed E-state index contributed by atoms with van der Waals surface area (Å²) in [7, 11) is 0. The maximum absolute atomic E-state index is 10.0. The van der Waals surface area contributed by atoms with E-state index in [1.807, 2.05) is 6.92 Å². The zero-order chi connectivity index (χ0) is 12.2. The molecule has 0 amide bonds. The summed E-state index contributed by atoms with van der Waals surface area (Å²) in [5.74, 6) is 0. The van der Waals surface area contributed by atoms with Crippen molar-refractivity contribution in [2.45, 2.75) is 70.6 Å². The van der Waals surface area contributed by atoms with Crippen molar-refractivity contribution in [2.24, 2.45) is 5.73 Å². The third-order valence-electron chi connectivity index (χ3n) is 3.90. The fourth-order valence-corrected chi connectivity index (χ4v) is 3.00. The van der Waals surface area contributed by atoms with Crippen LogP contribution in [0.2, 0.25) is 0 Å². The van der Waals surface area contributed by atoms with Crippen LogP contribution in [0.1, 0.15) is 52.9 Å². The van der Waals surface area contributed by atoms with Crippen LogP contribution >= 0.6 is 0 Å².